The molecule has 0 saturated heterocycles. The van der Waals surface area contributed by atoms with Crippen molar-refractivity contribution in [2.45, 2.75) is 39.3 Å². The van der Waals surface area contributed by atoms with Gasteiger partial charge in [0.25, 0.3) is 0 Å². The van der Waals surface area contributed by atoms with Crippen molar-refractivity contribution >= 4 is 5.82 Å². The summed E-state index contributed by atoms with van der Waals surface area (Å²) in [6, 6.07) is 1.82. The van der Waals surface area contributed by atoms with Crippen molar-refractivity contribution in [3.63, 3.8) is 0 Å². The van der Waals surface area contributed by atoms with Crippen molar-refractivity contribution in [3.05, 3.63) is 11.8 Å². The summed E-state index contributed by atoms with van der Waals surface area (Å²) in [7, 11) is 0. The molecule has 0 saturated carbocycles. The second kappa shape index (κ2) is 3.38. The van der Waals surface area contributed by atoms with Crippen LogP contribution in [0.25, 0.3) is 0 Å². The molecule has 0 aliphatic rings. The first-order valence-electron chi connectivity index (χ1n) is 4.41. The minimum absolute atomic E-state index is 0.651. The topological polar surface area (TPSA) is 64.1 Å². The number of aryl methyl sites for hydroxylation is 2. The number of nitrogens with two attached hydrogens (primary N) is 1. The summed E-state index contributed by atoms with van der Waals surface area (Å²) < 4.78 is 1.72. The van der Waals surface area contributed by atoms with E-state index in [4.69, 9.17) is 5.73 Å². The number of hydrogen-bond acceptors (Lipinski definition) is 3. The van der Waals surface area contributed by atoms with Gasteiger partial charge in [-0.2, -0.15) is 5.10 Å². The molecule has 0 aliphatic heterocycles. The van der Waals surface area contributed by atoms with Crippen LogP contribution in [0.1, 0.15) is 26.0 Å². The second-order valence-corrected chi connectivity index (χ2v) is 4.00. The molecule has 74 valence electrons. The molecule has 0 fully saturated rings. The number of rotatable bonds is 3. The van der Waals surface area contributed by atoms with Crippen LogP contribution < -0.4 is 5.73 Å². The zero-order chi connectivity index (χ0) is 10.1. The smallest absolute Gasteiger partial charge is 0.121 e. The first-order valence-corrected chi connectivity index (χ1v) is 4.41. The Bertz CT molecular complexity index is 286. The molecule has 4 heteroatoms. The average molecular weight is 183 g/mol. The molecular formula is C9H17N3O. The fraction of sp³-hybridized carbons (Fsp3) is 0.667. The molecule has 0 aliphatic carbocycles. The molecule has 0 bridgehead atoms. The van der Waals surface area contributed by atoms with Crippen LogP contribution in [-0.2, 0) is 6.54 Å². The maximum atomic E-state index is 9.49. The Morgan fingerprint density at radius 3 is 2.62 bits per heavy atom. The van der Waals surface area contributed by atoms with Gasteiger partial charge in [0.15, 0.2) is 0 Å². The summed E-state index contributed by atoms with van der Waals surface area (Å²) in [5.41, 5.74) is 5.94. The Balaban J connectivity index is 2.59. The normalized spacial score (nSPS) is 12.0. The van der Waals surface area contributed by atoms with Gasteiger partial charge in [-0.05, 0) is 27.2 Å². The Kier molecular flexibility index (Phi) is 2.61. The number of nitrogens with zero attached hydrogens (tertiary/aromatic N) is 2. The van der Waals surface area contributed by atoms with E-state index in [1.165, 1.54) is 0 Å². The van der Waals surface area contributed by atoms with Gasteiger partial charge in [0.05, 0.1) is 11.3 Å². The molecule has 0 atom stereocenters. The maximum Gasteiger partial charge on any atom is 0.121 e. The summed E-state index contributed by atoms with van der Waals surface area (Å²) in [5, 5.41) is 13.7. The van der Waals surface area contributed by atoms with E-state index >= 15 is 0 Å². The quantitative estimate of drug-likeness (QED) is 0.732. The van der Waals surface area contributed by atoms with Gasteiger partial charge >= 0.3 is 0 Å². The fourth-order valence-electron chi connectivity index (χ4n) is 1.12. The van der Waals surface area contributed by atoms with Crippen LogP contribution in [0.15, 0.2) is 6.07 Å². The highest BCUT2D eigenvalue weighted by Gasteiger charge is 2.13. The first kappa shape index (κ1) is 10.1. The summed E-state index contributed by atoms with van der Waals surface area (Å²) in [6.07, 6.45) is 0.651. The molecular weight excluding hydrogens is 166 g/mol. The van der Waals surface area contributed by atoms with Gasteiger partial charge in [-0.1, -0.05) is 0 Å². The zero-order valence-corrected chi connectivity index (χ0v) is 8.41. The zero-order valence-electron chi connectivity index (χ0n) is 8.41. The van der Waals surface area contributed by atoms with E-state index in [0.717, 1.165) is 5.69 Å². The highest BCUT2D eigenvalue weighted by atomic mass is 16.3. The van der Waals surface area contributed by atoms with Crippen LogP contribution in [0.3, 0.4) is 0 Å². The Labute approximate surface area is 78.4 Å². The molecule has 0 radical (unpaired) electrons. The van der Waals surface area contributed by atoms with Gasteiger partial charge in [0.2, 0.25) is 0 Å². The average Bonchev–Trinajstić information content (AvgIpc) is 2.24. The van der Waals surface area contributed by atoms with Crippen molar-refractivity contribution in [1.82, 2.24) is 9.78 Å². The predicted molar refractivity (Wildman–Crippen MR) is 52.3 cm³/mol. The highest BCUT2D eigenvalue weighted by molar-refractivity contribution is 5.29. The standard InChI is InChI=1S/C9H17N3O/c1-7-6-8(10)12(11-7)5-4-9(2,3)13/h6,13H,4-5,10H2,1-3H3. The number of anilines is 1. The predicted octanol–water partition coefficient (Wildman–Crippen LogP) is 0.935. The molecule has 1 heterocycles. The maximum absolute atomic E-state index is 9.49. The van der Waals surface area contributed by atoms with Crippen molar-refractivity contribution in [2.75, 3.05) is 5.73 Å². The minimum Gasteiger partial charge on any atom is -0.390 e. The van der Waals surface area contributed by atoms with Crippen LogP contribution in [-0.4, -0.2) is 20.5 Å². The summed E-state index contributed by atoms with van der Waals surface area (Å²) in [6.45, 7) is 6.11. The monoisotopic (exact) mass is 183 g/mol. The van der Waals surface area contributed by atoms with E-state index in [1.54, 1.807) is 18.5 Å². The highest BCUT2D eigenvalue weighted by Crippen LogP contribution is 2.12. The van der Waals surface area contributed by atoms with Crippen molar-refractivity contribution in [3.8, 4) is 0 Å². The Hall–Kier alpha value is -1.03. The van der Waals surface area contributed by atoms with Crippen LogP contribution in [0.4, 0.5) is 5.82 Å². The van der Waals surface area contributed by atoms with E-state index in [0.29, 0.717) is 18.8 Å². The van der Waals surface area contributed by atoms with Crippen LogP contribution >= 0.6 is 0 Å². The summed E-state index contributed by atoms with van der Waals surface area (Å²) in [5.74, 6) is 0.654. The molecule has 0 amide bonds. The Morgan fingerprint density at radius 2 is 2.23 bits per heavy atom. The number of aromatic nitrogens is 2. The lowest BCUT2D eigenvalue weighted by molar-refractivity contribution is 0.0653. The molecule has 1 aromatic heterocycles. The molecule has 0 aromatic carbocycles. The molecule has 0 unspecified atom stereocenters. The van der Waals surface area contributed by atoms with E-state index in [9.17, 15) is 5.11 Å². The molecule has 1 rings (SSSR count). The first-order chi connectivity index (χ1) is 5.88. The number of hydrogen-bond donors (Lipinski definition) is 2. The lowest BCUT2D eigenvalue weighted by Crippen LogP contribution is -2.21. The van der Waals surface area contributed by atoms with Gasteiger partial charge in [0.1, 0.15) is 5.82 Å². The van der Waals surface area contributed by atoms with E-state index in [2.05, 4.69) is 5.10 Å². The lowest BCUT2D eigenvalue weighted by Gasteiger charge is -2.16. The van der Waals surface area contributed by atoms with Crippen molar-refractivity contribution in [1.29, 1.82) is 0 Å². The SMILES string of the molecule is Cc1cc(N)n(CCC(C)(C)O)n1. The van der Waals surface area contributed by atoms with E-state index in [-0.39, 0.29) is 0 Å². The third-order valence-electron chi connectivity index (χ3n) is 1.87. The van der Waals surface area contributed by atoms with Crippen molar-refractivity contribution in [2.24, 2.45) is 0 Å². The third-order valence-corrected chi connectivity index (χ3v) is 1.87. The molecule has 4 nitrogen and oxygen atoms in total. The minimum atomic E-state index is -0.660. The van der Waals surface area contributed by atoms with Gasteiger partial charge < -0.3 is 10.8 Å². The Morgan fingerprint density at radius 1 is 1.62 bits per heavy atom. The van der Waals surface area contributed by atoms with Gasteiger partial charge in [-0.15, -0.1) is 0 Å². The van der Waals surface area contributed by atoms with Crippen LogP contribution in [0.2, 0.25) is 0 Å². The van der Waals surface area contributed by atoms with E-state index in [1.807, 2.05) is 13.0 Å². The molecule has 13 heavy (non-hydrogen) atoms. The van der Waals surface area contributed by atoms with Crippen LogP contribution in [0.5, 0.6) is 0 Å². The fourth-order valence-corrected chi connectivity index (χ4v) is 1.12. The van der Waals surface area contributed by atoms with Crippen LogP contribution in [0, 0.1) is 6.92 Å². The second-order valence-electron chi connectivity index (χ2n) is 4.00. The third kappa shape index (κ3) is 3.06. The lowest BCUT2D eigenvalue weighted by atomic mass is 10.1. The molecule has 1 aromatic rings. The molecule has 3 N–H and O–H groups in total. The van der Waals surface area contributed by atoms with E-state index < -0.39 is 5.60 Å². The van der Waals surface area contributed by atoms with Crippen molar-refractivity contribution < 1.29 is 5.11 Å². The largest absolute Gasteiger partial charge is 0.390 e. The molecule has 0 spiro atoms. The van der Waals surface area contributed by atoms with Gasteiger partial charge in [-0.3, -0.25) is 0 Å². The number of aliphatic hydroxyl groups is 1. The summed E-state index contributed by atoms with van der Waals surface area (Å²) in [4.78, 5) is 0. The van der Waals surface area contributed by atoms with Gasteiger partial charge in [0, 0.05) is 12.6 Å². The number of nitrogen functional groups attached to an aromatic ring is 1. The van der Waals surface area contributed by atoms with Gasteiger partial charge in [-0.25, -0.2) is 4.68 Å². The summed E-state index contributed by atoms with van der Waals surface area (Å²) >= 11 is 0.